The zero-order chi connectivity index (χ0) is 17.5. The van der Waals surface area contributed by atoms with E-state index in [9.17, 15) is 31.1 Å². The van der Waals surface area contributed by atoms with Crippen LogP contribution in [0.2, 0.25) is 0 Å². The van der Waals surface area contributed by atoms with Crippen LogP contribution < -0.4 is 0 Å². The van der Waals surface area contributed by atoms with Gasteiger partial charge in [0, 0.05) is 5.92 Å². The van der Waals surface area contributed by atoms with Crippen molar-refractivity contribution in [3.05, 3.63) is 0 Å². The molecule has 23 heavy (non-hydrogen) atoms. The maximum atomic E-state index is 13.6. The van der Waals surface area contributed by atoms with Gasteiger partial charge in [-0.2, -0.15) is 37.7 Å². The number of hydrogen-bond acceptors (Lipinski definition) is 4. The van der Waals surface area contributed by atoms with E-state index in [2.05, 4.69) is 11.8 Å². The topological polar surface area (TPSA) is 74.6 Å². The highest BCUT2D eigenvalue weighted by molar-refractivity contribution is 7.99. The monoisotopic (exact) mass is 380 g/mol. The fraction of sp³-hybridized carbons (Fsp3) is 1.00. The molecule has 136 valence electrons. The van der Waals surface area contributed by atoms with Crippen molar-refractivity contribution in [2.75, 3.05) is 11.5 Å². The van der Waals surface area contributed by atoms with E-state index in [0.717, 1.165) is 0 Å². The molecule has 0 aromatic heterocycles. The first-order chi connectivity index (χ1) is 10.5. The van der Waals surface area contributed by atoms with Gasteiger partial charge in [0.25, 0.3) is 0 Å². The SMILES string of the molecule is C1CCSC1.O=S(=O)(O)C(F)(F)C(F)(F)C1CC2CC(O)C1C2. The molecule has 2 bridgehead atoms. The lowest BCUT2D eigenvalue weighted by Crippen LogP contribution is -2.54. The number of thioether (sulfide) groups is 1. The van der Waals surface area contributed by atoms with Gasteiger partial charge in [-0.15, -0.1) is 0 Å². The highest BCUT2D eigenvalue weighted by Crippen LogP contribution is 2.58. The van der Waals surface area contributed by atoms with Gasteiger partial charge in [0.1, 0.15) is 0 Å². The number of halogens is 4. The Balaban J connectivity index is 0.000000326. The van der Waals surface area contributed by atoms with Crippen molar-refractivity contribution in [2.24, 2.45) is 17.8 Å². The lowest BCUT2D eigenvalue weighted by atomic mass is 9.82. The third-order valence-corrected chi connectivity index (χ3v) is 6.86. The Labute approximate surface area is 136 Å². The smallest absolute Gasteiger partial charge is 0.393 e. The Kier molecular flexibility index (Phi) is 5.60. The summed E-state index contributed by atoms with van der Waals surface area (Å²) in [4.78, 5) is 0. The van der Waals surface area contributed by atoms with Crippen molar-refractivity contribution in [3.63, 3.8) is 0 Å². The average Bonchev–Trinajstić information content (AvgIpc) is 3.15. The van der Waals surface area contributed by atoms with Gasteiger partial charge in [0.05, 0.1) is 6.10 Å². The summed E-state index contributed by atoms with van der Waals surface area (Å²) in [7, 11) is -6.20. The molecule has 3 rings (SSSR count). The molecule has 4 nitrogen and oxygen atoms in total. The average molecular weight is 380 g/mol. The zero-order valence-electron chi connectivity index (χ0n) is 12.3. The molecule has 0 aromatic carbocycles. The molecule has 2 N–H and O–H groups in total. The Hall–Kier alpha value is -0.0600. The predicted octanol–water partition coefficient (Wildman–Crippen LogP) is 3.02. The van der Waals surface area contributed by atoms with Gasteiger partial charge in [0.2, 0.25) is 0 Å². The lowest BCUT2D eigenvalue weighted by Gasteiger charge is -2.35. The van der Waals surface area contributed by atoms with Crippen LogP contribution in [0.25, 0.3) is 0 Å². The van der Waals surface area contributed by atoms with Gasteiger partial charge in [-0.25, -0.2) is 0 Å². The molecule has 4 unspecified atom stereocenters. The molecule has 10 heteroatoms. The van der Waals surface area contributed by atoms with Crippen molar-refractivity contribution >= 4 is 21.9 Å². The number of hydrogen-bond donors (Lipinski definition) is 2. The van der Waals surface area contributed by atoms with Gasteiger partial charge in [-0.1, -0.05) is 0 Å². The summed E-state index contributed by atoms with van der Waals surface area (Å²) in [6, 6.07) is 0. The van der Waals surface area contributed by atoms with Gasteiger partial charge < -0.3 is 5.11 Å². The largest absolute Gasteiger partial charge is 0.431 e. The molecule has 0 aromatic rings. The number of aliphatic hydroxyl groups excluding tert-OH is 1. The molecule has 3 fully saturated rings. The van der Waals surface area contributed by atoms with Crippen LogP contribution in [-0.2, 0) is 10.1 Å². The van der Waals surface area contributed by atoms with Crippen LogP contribution in [-0.4, -0.2) is 46.9 Å². The first kappa shape index (κ1) is 19.3. The highest BCUT2D eigenvalue weighted by atomic mass is 32.2. The van der Waals surface area contributed by atoms with Crippen LogP contribution in [0.4, 0.5) is 17.6 Å². The number of rotatable bonds is 3. The Morgan fingerprint density at radius 3 is 1.91 bits per heavy atom. The fourth-order valence-electron chi connectivity index (χ4n) is 3.63. The minimum Gasteiger partial charge on any atom is -0.393 e. The fourth-order valence-corrected chi connectivity index (χ4v) is 5.14. The summed E-state index contributed by atoms with van der Waals surface area (Å²) >= 11 is 2.07. The molecule has 2 saturated carbocycles. The first-order valence-electron chi connectivity index (χ1n) is 7.47. The van der Waals surface area contributed by atoms with E-state index in [0.29, 0.717) is 0 Å². The molecule has 2 aliphatic carbocycles. The standard InChI is InChI=1S/C9H12F4O4S.C4H8S/c10-8(11,9(12,13)18(15,16)17)6-2-4-1-5(6)7(14)3-4;1-2-4-5-3-1/h4-7,14H,1-3H2,(H,15,16,17);1-4H2. The third kappa shape index (κ3) is 3.64. The molecule has 0 spiro atoms. The second kappa shape index (κ2) is 6.68. The molecule has 1 aliphatic heterocycles. The second-order valence-electron chi connectivity index (χ2n) is 6.35. The normalized spacial score (nSPS) is 34.3. The Morgan fingerprint density at radius 1 is 1.00 bits per heavy atom. The zero-order valence-corrected chi connectivity index (χ0v) is 13.9. The second-order valence-corrected chi connectivity index (χ2v) is 9.03. The van der Waals surface area contributed by atoms with E-state index in [-0.39, 0.29) is 25.2 Å². The van der Waals surface area contributed by atoms with Crippen LogP contribution in [0.1, 0.15) is 32.1 Å². The van der Waals surface area contributed by atoms with E-state index in [1.54, 1.807) is 0 Å². The summed E-state index contributed by atoms with van der Waals surface area (Å²) in [5.41, 5.74) is 0. The van der Waals surface area contributed by atoms with Crippen molar-refractivity contribution in [1.29, 1.82) is 0 Å². The van der Waals surface area contributed by atoms with Crippen molar-refractivity contribution in [2.45, 2.75) is 49.4 Å². The summed E-state index contributed by atoms with van der Waals surface area (Å²) in [5, 5.41) is 3.90. The molecular weight excluding hydrogens is 360 g/mol. The van der Waals surface area contributed by atoms with E-state index in [1.807, 2.05) is 0 Å². The summed E-state index contributed by atoms with van der Waals surface area (Å²) in [6.07, 6.45) is 2.00. The van der Waals surface area contributed by atoms with Crippen molar-refractivity contribution in [1.82, 2.24) is 0 Å². The first-order valence-corrected chi connectivity index (χ1v) is 10.1. The van der Waals surface area contributed by atoms with Crippen molar-refractivity contribution < 1.29 is 35.6 Å². The van der Waals surface area contributed by atoms with Crippen LogP contribution in [0, 0.1) is 17.8 Å². The van der Waals surface area contributed by atoms with Gasteiger partial charge in [-0.05, 0) is 55.4 Å². The number of fused-ring (bicyclic) bond motifs is 2. The van der Waals surface area contributed by atoms with Crippen LogP contribution in [0.3, 0.4) is 0 Å². The molecule has 1 heterocycles. The maximum Gasteiger partial charge on any atom is 0.431 e. The molecule has 4 atom stereocenters. The van der Waals surface area contributed by atoms with E-state index in [1.165, 1.54) is 24.3 Å². The van der Waals surface area contributed by atoms with Crippen molar-refractivity contribution in [3.8, 4) is 0 Å². The van der Waals surface area contributed by atoms with E-state index in [4.69, 9.17) is 4.55 Å². The predicted molar refractivity (Wildman–Crippen MR) is 78.3 cm³/mol. The van der Waals surface area contributed by atoms with E-state index >= 15 is 0 Å². The summed E-state index contributed by atoms with van der Waals surface area (Å²) in [5.74, 6) is -5.32. The van der Waals surface area contributed by atoms with Crippen LogP contribution in [0.15, 0.2) is 0 Å². The van der Waals surface area contributed by atoms with Gasteiger partial charge in [-0.3, -0.25) is 4.55 Å². The summed E-state index contributed by atoms with van der Waals surface area (Å²) in [6.45, 7) is 0. The molecular formula is C13H20F4O4S2. The van der Waals surface area contributed by atoms with Crippen LogP contribution in [0.5, 0.6) is 0 Å². The lowest BCUT2D eigenvalue weighted by molar-refractivity contribution is -0.209. The Morgan fingerprint density at radius 2 is 1.57 bits per heavy atom. The van der Waals surface area contributed by atoms with Gasteiger partial charge in [0.15, 0.2) is 0 Å². The molecule has 0 radical (unpaired) electrons. The quantitative estimate of drug-likeness (QED) is 0.582. The minimum absolute atomic E-state index is 0.184. The third-order valence-electron chi connectivity index (χ3n) is 4.78. The molecule has 0 amide bonds. The molecule has 1 saturated heterocycles. The van der Waals surface area contributed by atoms with Gasteiger partial charge >= 0.3 is 21.3 Å². The van der Waals surface area contributed by atoms with Crippen LogP contribution >= 0.6 is 11.8 Å². The maximum absolute atomic E-state index is 13.6. The van der Waals surface area contributed by atoms with E-state index < -0.39 is 39.2 Å². The number of alkyl halides is 4. The number of aliphatic hydroxyl groups is 1. The minimum atomic E-state index is -6.20. The Bertz CT molecular complexity index is 514. The highest BCUT2D eigenvalue weighted by Gasteiger charge is 2.72. The molecule has 3 aliphatic rings. The summed E-state index contributed by atoms with van der Waals surface area (Å²) < 4.78 is 82.6.